The van der Waals surface area contributed by atoms with Crippen molar-refractivity contribution in [3.05, 3.63) is 69.9 Å². The predicted octanol–water partition coefficient (Wildman–Crippen LogP) is 5.50. The number of halogens is 1. The highest BCUT2D eigenvalue weighted by molar-refractivity contribution is 6.30. The van der Waals surface area contributed by atoms with Crippen molar-refractivity contribution in [2.24, 2.45) is 5.41 Å². The number of nitrogens with zero attached hydrogens (tertiary/aromatic N) is 1. The molecular formula is C24H26ClN3O3. The third-order valence-corrected chi connectivity index (χ3v) is 5.10. The first kappa shape index (κ1) is 22.5. The fraction of sp³-hybridized carbons (Fsp3) is 0.333. The van der Waals surface area contributed by atoms with Gasteiger partial charge in [-0.2, -0.15) is 5.26 Å². The summed E-state index contributed by atoms with van der Waals surface area (Å²) in [5, 5.41) is 16.1. The van der Waals surface area contributed by atoms with E-state index in [-0.39, 0.29) is 11.4 Å². The van der Waals surface area contributed by atoms with Gasteiger partial charge in [0.2, 0.25) is 0 Å². The van der Waals surface area contributed by atoms with Gasteiger partial charge in [-0.25, -0.2) is 4.79 Å². The van der Waals surface area contributed by atoms with Crippen molar-refractivity contribution in [2.75, 3.05) is 6.61 Å². The van der Waals surface area contributed by atoms with E-state index in [0.717, 1.165) is 11.1 Å². The third kappa shape index (κ3) is 5.31. The Morgan fingerprint density at radius 2 is 1.81 bits per heavy atom. The van der Waals surface area contributed by atoms with E-state index in [4.69, 9.17) is 21.1 Å². The van der Waals surface area contributed by atoms with Crippen molar-refractivity contribution >= 4 is 17.6 Å². The lowest BCUT2D eigenvalue weighted by Crippen LogP contribution is -2.46. The number of nitrogens with one attached hydrogen (secondary N) is 2. The molecule has 2 aromatic carbocycles. The van der Waals surface area contributed by atoms with Crippen LogP contribution < -0.4 is 20.1 Å². The summed E-state index contributed by atoms with van der Waals surface area (Å²) < 4.78 is 11.8. The molecule has 2 aromatic rings. The van der Waals surface area contributed by atoms with Gasteiger partial charge in [0.25, 0.3) is 0 Å². The molecule has 0 saturated carbocycles. The van der Waals surface area contributed by atoms with E-state index in [1.54, 1.807) is 6.07 Å². The van der Waals surface area contributed by atoms with E-state index in [2.05, 4.69) is 16.7 Å². The first-order chi connectivity index (χ1) is 14.7. The number of carbonyl (C=O) groups is 1. The lowest BCUT2D eigenvalue weighted by molar-refractivity contribution is 0.235. The highest BCUT2D eigenvalue weighted by Crippen LogP contribution is 2.37. The van der Waals surface area contributed by atoms with Crippen LogP contribution in [0.4, 0.5) is 4.79 Å². The Balaban J connectivity index is 1.93. The number of rotatable bonds is 6. The molecule has 0 radical (unpaired) electrons. The van der Waals surface area contributed by atoms with Crippen molar-refractivity contribution in [1.29, 1.82) is 5.26 Å². The molecule has 0 fully saturated rings. The topological polar surface area (TPSA) is 83.4 Å². The van der Waals surface area contributed by atoms with E-state index in [0.29, 0.717) is 41.0 Å². The molecule has 31 heavy (non-hydrogen) atoms. The van der Waals surface area contributed by atoms with E-state index in [9.17, 15) is 10.1 Å². The maximum absolute atomic E-state index is 12.3. The van der Waals surface area contributed by atoms with E-state index < -0.39 is 6.04 Å². The molecule has 1 aliphatic rings. The van der Waals surface area contributed by atoms with Gasteiger partial charge < -0.3 is 20.1 Å². The quantitative estimate of drug-likeness (QED) is 0.622. The molecular weight excluding hydrogens is 414 g/mol. The number of carbonyl (C=O) groups excluding carboxylic acids is 1. The average molecular weight is 440 g/mol. The first-order valence-corrected chi connectivity index (χ1v) is 10.5. The summed E-state index contributed by atoms with van der Waals surface area (Å²) in [4.78, 5) is 12.3. The number of amides is 2. The maximum atomic E-state index is 12.3. The Hall–Kier alpha value is -3.17. The molecule has 1 heterocycles. The van der Waals surface area contributed by atoms with Crippen molar-refractivity contribution in [2.45, 2.75) is 40.3 Å². The third-order valence-electron chi connectivity index (χ3n) is 4.85. The summed E-state index contributed by atoms with van der Waals surface area (Å²) in [5.74, 6) is 1.13. The molecule has 0 aromatic heterocycles. The average Bonchev–Trinajstić information content (AvgIpc) is 2.73. The smallest absolute Gasteiger partial charge is 0.319 e. The Labute approximate surface area is 187 Å². The molecule has 7 heteroatoms. The highest BCUT2D eigenvalue weighted by Gasteiger charge is 2.34. The van der Waals surface area contributed by atoms with Gasteiger partial charge in [-0.15, -0.1) is 0 Å². The van der Waals surface area contributed by atoms with Crippen LogP contribution in [-0.2, 0) is 6.61 Å². The van der Waals surface area contributed by atoms with Crippen LogP contribution in [0.2, 0.25) is 5.02 Å². The molecule has 3 rings (SSSR count). The van der Waals surface area contributed by atoms with E-state index in [1.807, 2.05) is 64.1 Å². The fourth-order valence-corrected chi connectivity index (χ4v) is 3.49. The molecule has 6 nitrogen and oxygen atoms in total. The highest BCUT2D eigenvalue weighted by atomic mass is 35.5. The molecule has 162 valence electrons. The van der Waals surface area contributed by atoms with Crippen LogP contribution in [0.5, 0.6) is 11.5 Å². The number of benzene rings is 2. The minimum atomic E-state index is -0.572. The molecule has 2 amide bonds. The largest absolute Gasteiger partial charge is 0.490 e. The molecule has 0 spiro atoms. The van der Waals surface area contributed by atoms with Gasteiger partial charge in [0.15, 0.2) is 11.5 Å². The molecule has 0 saturated heterocycles. The standard InChI is InChI=1S/C24H26ClN3O3/c1-5-30-20-12-16(8-11-19(20)31-14-15-6-9-17(25)10-7-15)21-18(13-26)22(24(2,3)4)28-23(29)27-21/h6-12,21H,5,14H2,1-4H3,(H2,27,28,29)/t21-/m1/s1. The number of allylic oxidation sites excluding steroid dienone is 1. The first-order valence-electron chi connectivity index (χ1n) is 10.1. The Kier molecular flexibility index (Phi) is 6.77. The van der Waals surface area contributed by atoms with Crippen molar-refractivity contribution < 1.29 is 14.3 Å². The van der Waals surface area contributed by atoms with Gasteiger partial charge in [0, 0.05) is 16.1 Å². The van der Waals surface area contributed by atoms with Gasteiger partial charge >= 0.3 is 6.03 Å². The van der Waals surface area contributed by atoms with E-state index in [1.165, 1.54) is 0 Å². The lowest BCUT2D eigenvalue weighted by Gasteiger charge is -2.33. The Bertz CT molecular complexity index is 1030. The summed E-state index contributed by atoms with van der Waals surface area (Å²) in [6.45, 7) is 8.58. The second kappa shape index (κ2) is 9.32. The molecule has 0 bridgehead atoms. The zero-order valence-electron chi connectivity index (χ0n) is 18.1. The second-order valence-corrected chi connectivity index (χ2v) is 8.67. The number of urea groups is 1. The Morgan fingerprint density at radius 3 is 2.42 bits per heavy atom. The van der Waals surface area contributed by atoms with Crippen LogP contribution in [0.15, 0.2) is 53.7 Å². The second-order valence-electron chi connectivity index (χ2n) is 8.24. The van der Waals surface area contributed by atoms with Gasteiger partial charge in [-0.3, -0.25) is 0 Å². The number of nitriles is 1. The van der Waals surface area contributed by atoms with Crippen LogP contribution in [0, 0.1) is 16.7 Å². The molecule has 0 unspecified atom stereocenters. The summed E-state index contributed by atoms with van der Waals surface area (Å²) in [5.41, 5.74) is 2.43. The van der Waals surface area contributed by atoms with Crippen molar-refractivity contribution in [3.8, 4) is 17.6 Å². The minimum absolute atomic E-state index is 0.338. The lowest BCUT2D eigenvalue weighted by atomic mass is 9.84. The van der Waals surface area contributed by atoms with Gasteiger partial charge in [-0.1, -0.05) is 50.6 Å². The molecule has 0 aliphatic carbocycles. The minimum Gasteiger partial charge on any atom is -0.490 e. The monoisotopic (exact) mass is 439 g/mol. The summed E-state index contributed by atoms with van der Waals surface area (Å²) in [6.07, 6.45) is 0. The molecule has 1 atom stereocenters. The van der Waals surface area contributed by atoms with Gasteiger partial charge in [0.05, 0.1) is 24.3 Å². The fourth-order valence-electron chi connectivity index (χ4n) is 3.36. The van der Waals surface area contributed by atoms with Crippen LogP contribution in [0.25, 0.3) is 0 Å². The van der Waals surface area contributed by atoms with Crippen LogP contribution >= 0.6 is 11.6 Å². The summed E-state index contributed by atoms with van der Waals surface area (Å²) in [7, 11) is 0. The van der Waals surface area contributed by atoms with Gasteiger partial charge in [0.1, 0.15) is 6.61 Å². The predicted molar refractivity (Wildman–Crippen MR) is 120 cm³/mol. The van der Waals surface area contributed by atoms with Crippen LogP contribution in [-0.4, -0.2) is 12.6 Å². The van der Waals surface area contributed by atoms with Crippen LogP contribution in [0.3, 0.4) is 0 Å². The van der Waals surface area contributed by atoms with Gasteiger partial charge in [-0.05, 0) is 42.3 Å². The van der Waals surface area contributed by atoms with Crippen molar-refractivity contribution in [1.82, 2.24) is 10.6 Å². The SMILES string of the molecule is CCOc1cc([C@H]2NC(=O)NC(C(C)(C)C)=C2C#N)ccc1OCc1ccc(Cl)cc1. The number of ether oxygens (including phenoxy) is 2. The number of hydrogen-bond donors (Lipinski definition) is 2. The molecule has 1 aliphatic heterocycles. The van der Waals surface area contributed by atoms with E-state index >= 15 is 0 Å². The normalized spacial score (nSPS) is 16.3. The summed E-state index contributed by atoms with van der Waals surface area (Å²) >= 11 is 5.94. The maximum Gasteiger partial charge on any atom is 0.319 e. The van der Waals surface area contributed by atoms with Crippen molar-refractivity contribution in [3.63, 3.8) is 0 Å². The Morgan fingerprint density at radius 1 is 1.10 bits per heavy atom. The number of hydrogen-bond acceptors (Lipinski definition) is 4. The zero-order chi connectivity index (χ0) is 22.6. The summed E-state index contributed by atoms with van der Waals surface area (Å²) in [6, 6.07) is 14.2. The molecule has 2 N–H and O–H groups in total. The zero-order valence-corrected chi connectivity index (χ0v) is 18.8. The van der Waals surface area contributed by atoms with Crippen LogP contribution in [0.1, 0.15) is 44.9 Å².